The van der Waals surface area contributed by atoms with E-state index in [0.29, 0.717) is 6.04 Å². The first kappa shape index (κ1) is 23.2. The fourth-order valence-corrected chi connectivity index (χ4v) is 3.76. The molecule has 1 aliphatic heterocycles. The predicted molar refractivity (Wildman–Crippen MR) is 123 cm³/mol. The van der Waals surface area contributed by atoms with Crippen LogP contribution in [0.3, 0.4) is 0 Å². The number of benzene rings is 3. The Morgan fingerprint density at radius 1 is 0.969 bits per heavy atom. The topological polar surface area (TPSA) is 99.1 Å². The Labute approximate surface area is 187 Å². The van der Waals surface area contributed by atoms with Crippen LogP contribution in [0.4, 0.5) is 0 Å². The number of carboxylic acids is 2. The Balaban J connectivity index is 0.000000427. The maximum absolute atomic E-state index is 9.10. The molecule has 0 radical (unpaired) electrons. The third kappa shape index (κ3) is 6.80. The van der Waals surface area contributed by atoms with Gasteiger partial charge in [-0.25, -0.2) is 9.59 Å². The minimum absolute atomic E-state index is 0.574. The Morgan fingerprint density at radius 2 is 1.66 bits per heavy atom. The average Bonchev–Trinajstić information content (AvgIpc) is 3.25. The SMILES string of the molecule is COc1ccc2cc(CNC3CCN(Cc4ccccc4)C3)ccc2c1.O=C(O)C(=O)O. The minimum atomic E-state index is -1.82. The summed E-state index contributed by atoms with van der Waals surface area (Å²) in [6.07, 6.45) is 1.22. The van der Waals surface area contributed by atoms with Crippen LogP contribution in [-0.4, -0.2) is 53.3 Å². The van der Waals surface area contributed by atoms with Crippen LogP contribution in [-0.2, 0) is 22.7 Å². The van der Waals surface area contributed by atoms with Gasteiger partial charge in [0.25, 0.3) is 0 Å². The number of hydrogen-bond acceptors (Lipinski definition) is 5. The molecule has 168 valence electrons. The standard InChI is InChI=1S/C23H26N2O.C2H2O4/c1-26-23-10-9-20-13-19(7-8-21(20)14-23)15-24-22-11-12-25(17-22)16-18-5-3-2-4-6-18;3-1(4)2(5)6/h2-10,13-14,22,24H,11-12,15-17H2,1H3;(H,3,4)(H,5,6). The van der Waals surface area contributed by atoms with Gasteiger partial charge in [0, 0.05) is 32.2 Å². The zero-order chi connectivity index (χ0) is 22.9. The zero-order valence-corrected chi connectivity index (χ0v) is 18.0. The molecule has 1 fully saturated rings. The van der Waals surface area contributed by atoms with Crippen LogP contribution in [0.15, 0.2) is 66.7 Å². The second-order valence-corrected chi connectivity index (χ2v) is 7.74. The molecule has 1 heterocycles. The van der Waals surface area contributed by atoms with E-state index in [-0.39, 0.29) is 0 Å². The summed E-state index contributed by atoms with van der Waals surface area (Å²) in [5.41, 5.74) is 2.74. The lowest BCUT2D eigenvalue weighted by Gasteiger charge is -2.17. The first-order valence-corrected chi connectivity index (χ1v) is 10.5. The smallest absolute Gasteiger partial charge is 0.414 e. The number of rotatable bonds is 6. The Kier molecular flexibility index (Phi) is 8.19. The predicted octanol–water partition coefficient (Wildman–Crippen LogP) is 3.37. The molecule has 0 aliphatic carbocycles. The van der Waals surface area contributed by atoms with Crippen LogP contribution in [0.25, 0.3) is 10.8 Å². The number of fused-ring (bicyclic) bond motifs is 1. The molecule has 0 saturated carbocycles. The summed E-state index contributed by atoms with van der Waals surface area (Å²) in [4.78, 5) is 20.7. The van der Waals surface area contributed by atoms with Crippen LogP contribution >= 0.6 is 0 Å². The molecule has 1 saturated heterocycles. The number of carboxylic acid groups (broad SMARTS) is 2. The van der Waals surface area contributed by atoms with Gasteiger partial charge in [-0.1, -0.05) is 48.5 Å². The number of aliphatic carboxylic acids is 2. The number of methoxy groups -OCH3 is 1. The van der Waals surface area contributed by atoms with E-state index >= 15 is 0 Å². The lowest BCUT2D eigenvalue weighted by molar-refractivity contribution is -0.159. The Bertz CT molecular complexity index is 1040. The number of nitrogens with one attached hydrogen (secondary N) is 1. The fraction of sp³-hybridized carbons (Fsp3) is 0.280. The summed E-state index contributed by atoms with van der Waals surface area (Å²) >= 11 is 0. The van der Waals surface area contributed by atoms with E-state index in [1.807, 2.05) is 6.07 Å². The van der Waals surface area contributed by atoms with Crippen molar-refractivity contribution in [3.63, 3.8) is 0 Å². The molecule has 0 bridgehead atoms. The van der Waals surface area contributed by atoms with E-state index in [2.05, 4.69) is 70.9 Å². The van der Waals surface area contributed by atoms with Crippen molar-refractivity contribution >= 4 is 22.7 Å². The summed E-state index contributed by atoms with van der Waals surface area (Å²) in [5, 5.41) is 21.0. The zero-order valence-electron chi connectivity index (χ0n) is 18.0. The maximum atomic E-state index is 9.10. The van der Waals surface area contributed by atoms with E-state index in [4.69, 9.17) is 24.5 Å². The highest BCUT2D eigenvalue weighted by Crippen LogP contribution is 2.22. The van der Waals surface area contributed by atoms with Gasteiger partial charge < -0.3 is 20.3 Å². The summed E-state index contributed by atoms with van der Waals surface area (Å²) in [6, 6.07) is 24.2. The molecular formula is C25H28N2O5. The van der Waals surface area contributed by atoms with E-state index in [1.165, 1.54) is 34.9 Å². The van der Waals surface area contributed by atoms with Crippen molar-refractivity contribution in [1.29, 1.82) is 0 Å². The normalized spacial score (nSPS) is 15.7. The van der Waals surface area contributed by atoms with Crippen molar-refractivity contribution in [2.75, 3.05) is 20.2 Å². The molecule has 0 aromatic heterocycles. The number of nitrogens with zero attached hydrogens (tertiary/aromatic N) is 1. The minimum Gasteiger partial charge on any atom is -0.497 e. The van der Waals surface area contributed by atoms with E-state index in [0.717, 1.165) is 25.4 Å². The van der Waals surface area contributed by atoms with Crippen LogP contribution in [0.2, 0.25) is 0 Å². The van der Waals surface area contributed by atoms with Crippen molar-refractivity contribution in [1.82, 2.24) is 10.2 Å². The van der Waals surface area contributed by atoms with Gasteiger partial charge in [0.1, 0.15) is 5.75 Å². The van der Waals surface area contributed by atoms with Gasteiger partial charge in [-0.05, 0) is 46.5 Å². The first-order chi connectivity index (χ1) is 15.4. The highest BCUT2D eigenvalue weighted by Gasteiger charge is 2.21. The summed E-state index contributed by atoms with van der Waals surface area (Å²) in [6.45, 7) is 4.27. The highest BCUT2D eigenvalue weighted by molar-refractivity contribution is 6.27. The molecule has 0 amide bonds. The molecule has 3 aromatic rings. The molecule has 3 N–H and O–H groups in total. The second kappa shape index (κ2) is 11.3. The average molecular weight is 437 g/mol. The summed E-state index contributed by atoms with van der Waals surface area (Å²) in [5.74, 6) is -2.74. The second-order valence-electron chi connectivity index (χ2n) is 7.74. The molecule has 32 heavy (non-hydrogen) atoms. The molecule has 1 atom stereocenters. The van der Waals surface area contributed by atoms with E-state index in [9.17, 15) is 0 Å². The quantitative estimate of drug-likeness (QED) is 0.510. The molecular weight excluding hydrogens is 408 g/mol. The van der Waals surface area contributed by atoms with Crippen LogP contribution in [0.1, 0.15) is 17.5 Å². The van der Waals surface area contributed by atoms with Crippen LogP contribution < -0.4 is 10.1 Å². The molecule has 4 rings (SSSR count). The molecule has 1 aliphatic rings. The summed E-state index contributed by atoms with van der Waals surface area (Å²) in [7, 11) is 1.71. The van der Waals surface area contributed by atoms with Crippen molar-refractivity contribution in [2.45, 2.75) is 25.6 Å². The number of hydrogen-bond donors (Lipinski definition) is 3. The van der Waals surface area contributed by atoms with Crippen molar-refractivity contribution in [3.8, 4) is 5.75 Å². The lowest BCUT2D eigenvalue weighted by atomic mass is 10.1. The monoisotopic (exact) mass is 436 g/mol. The molecule has 7 heteroatoms. The van der Waals surface area contributed by atoms with Gasteiger partial charge in [-0.2, -0.15) is 0 Å². The Hall–Kier alpha value is -3.42. The third-order valence-electron chi connectivity index (χ3n) is 5.41. The van der Waals surface area contributed by atoms with Crippen molar-refractivity contribution < 1.29 is 24.5 Å². The van der Waals surface area contributed by atoms with Crippen molar-refractivity contribution in [2.24, 2.45) is 0 Å². The molecule has 7 nitrogen and oxygen atoms in total. The van der Waals surface area contributed by atoms with E-state index in [1.54, 1.807) is 7.11 Å². The Morgan fingerprint density at radius 3 is 2.34 bits per heavy atom. The van der Waals surface area contributed by atoms with Gasteiger partial charge in [0.05, 0.1) is 7.11 Å². The van der Waals surface area contributed by atoms with Gasteiger partial charge >= 0.3 is 11.9 Å². The van der Waals surface area contributed by atoms with Crippen molar-refractivity contribution in [3.05, 3.63) is 77.9 Å². The van der Waals surface area contributed by atoms with Crippen LogP contribution in [0, 0.1) is 0 Å². The maximum Gasteiger partial charge on any atom is 0.414 e. The molecule has 1 unspecified atom stereocenters. The first-order valence-electron chi connectivity index (χ1n) is 10.5. The van der Waals surface area contributed by atoms with Gasteiger partial charge in [-0.3, -0.25) is 4.90 Å². The summed E-state index contributed by atoms with van der Waals surface area (Å²) < 4.78 is 5.30. The third-order valence-corrected chi connectivity index (χ3v) is 5.41. The largest absolute Gasteiger partial charge is 0.497 e. The molecule has 0 spiro atoms. The van der Waals surface area contributed by atoms with E-state index < -0.39 is 11.9 Å². The number of likely N-dealkylation sites (tertiary alicyclic amines) is 1. The molecule has 3 aromatic carbocycles. The fourth-order valence-electron chi connectivity index (χ4n) is 3.76. The van der Waals surface area contributed by atoms with Crippen LogP contribution in [0.5, 0.6) is 5.75 Å². The van der Waals surface area contributed by atoms with Gasteiger partial charge in [-0.15, -0.1) is 0 Å². The van der Waals surface area contributed by atoms with Gasteiger partial charge in [0.15, 0.2) is 0 Å². The van der Waals surface area contributed by atoms with Gasteiger partial charge in [0.2, 0.25) is 0 Å². The highest BCUT2D eigenvalue weighted by atomic mass is 16.5. The number of carbonyl (C=O) groups is 2. The lowest BCUT2D eigenvalue weighted by Crippen LogP contribution is -2.31. The number of ether oxygens (including phenoxy) is 1.